The van der Waals surface area contributed by atoms with Crippen LogP contribution < -0.4 is 10.7 Å². The van der Waals surface area contributed by atoms with Crippen LogP contribution in [-0.4, -0.2) is 45.5 Å². The third-order valence-electron chi connectivity index (χ3n) is 5.36. The van der Waals surface area contributed by atoms with E-state index in [1.807, 2.05) is 19.2 Å². The van der Waals surface area contributed by atoms with Crippen molar-refractivity contribution in [1.29, 1.82) is 0 Å². The summed E-state index contributed by atoms with van der Waals surface area (Å²) in [6.45, 7) is 5.18. The topological polar surface area (TPSA) is 84.3 Å². The van der Waals surface area contributed by atoms with Crippen LogP contribution in [0.3, 0.4) is 0 Å². The average Bonchev–Trinajstić information content (AvgIpc) is 2.78. The number of nitrogens with one attached hydrogen (secondary N) is 1. The molecule has 178 valence electrons. The molecule has 1 atom stereocenters. The summed E-state index contributed by atoms with van der Waals surface area (Å²) < 4.78 is 42.6. The lowest BCUT2D eigenvalue weighted by molar-refractivity contribution is -0.156. The highest BCUT2D eigenvalue weighted by atomic mass is 19.4. The molecule has 1 aliphatic rings. The number of nitrogens with zero attached hydrogens (tertiary/aromatic N) is 3. The van der Waals surface area contributed by atoms with Crippen molar-refractivity contribution >= 4 is 11.8 Å². The van der Waals surface area contributed by atoms with Gasteiger partial charge in [0, 0.05) is 38.2 Å². The molecule has 3 rings (SSSR count). The van der Waals surface area contributed by atoms with Gasteiger partial charge in [0.05, 0.1) is 5.69 Å². The van der Waals surface area contributed by atoms with Gasteiger partial charge in [-0.3, -0.25) is 19.4 Å². The average molecular weight is 464 g/mol. The first kappa shape index (κ1) is 24.5. The molecular weight excluding hydrogens is 437 g/mol. The molecule has 2 amide bonds. The molecule has 3 heterocycles. The van der Waals surface area contributed by atoms with Crippen molar-refractivity contribution in [2.24, 2.45) is 5.92 Å². The van der Waals surface area contributed by atoms with E-state index in [1.54, 1.807) is 4.90 Å². The molecule has 0 radical (unpaired) electrons. The van der Waals surface area contributed by atoms with Gasteiger partial charge in [-0.05, 0) is 37.3 Å². The number of halogens is 3. The molecule has 10 heteroatoms. The summed E-state index contributed by atoms with van der Waals surface area (Å²) >= 11 is 0. The predicted octanol–water partition coefficient (Wildman–Crippen LogP) is 3.56. The monoisotopic (exact) mass is 464 g/mol. The molecule has 1 N–H and O–H groups in total. The molecule has 0 unspecified atom stereocenters. The summed E-state index contributed by atoms with van der Waals surface area (Å²) in [7, 11) is 0. The first-order valence-corrected chi connectivity index (χ1v) is 10.9. The minimum absolute atomic E-state index is 0.109. The summed E-state index contributed by atoms with van der Waals surface area (Å²) in [5.41, 5.74) is -2.01. The van der Waals surface area contributed by atoms with E-state index in [0.717, 1.165) is 25.3 Å². The number of alkyl halides is 3. The van der Waals surface area contributed by atoms with Crippen LogP contribution in [0.1, 0.15) is 65.6 Å². The Hall–Kier alpha value is -3.17. The smallest absolute Gasteiger partial charge is 0.352 e. The van der Waals surface area contributed by atoms with Gasteiger partial charge in [-0.2, -0.15) is 13.2 Å². The number of hydrogen-bond donors (Lipinski definition) is 1. The van der Waals surface area contributed by atoms with Crippen molar-refractivity contribution in [3.05, 3.63) is 63.8 Å². The highest BCUT2D eigenvalue weighted by molar-refractivity contribution is 5.99. The Bertz CT molecular complexity index is 1050. The number of piperidine rings is 1. The van der Waals surface area contributed by atoms with Crippen molar-refractivity contribution < 1.29 is 22.8 Å². The molecule has 2 aromatic rings. The van der Waals surface area contributed by atoms with E-state index >= 15 is 0 Å². The predicted molar refractivity (Wildman–Crippen MR) is 116 cm³/mol. The highest BCUT2D eigenvalue weighted by Gasteiger charge is 2.43. The van der Waals surface area contributed by atoms with E-state index in [2.05, 4.69) is 4.98 Å². The van der Waals surface area contributed by atoms with Gasteiger partial charge < -0.3 is 14.8 Å². The second kappa shape index (κ2) is 10.2. The summed E-state index contributed by atoms with van der Waals surface area (Å²) in [5.74, 6) is -1.61. The molecule has 0 aromatic carbocycles. The molecule has 0 spiro atoms. The van der Waals surface area contributed by atoms with Crippen LogP contribution in [-0.2, 0) is 6.54 Å². The zero-order chi connectivity index (χ0) is 24.2. The Morgan fingerprint density at radius 3 is 2.33 bits per heavy atom. The number of aromatic nitrogens is 2. The van der Waals surface area contributed by atoms with E-state index in [9.17, 15) is 27.6 Å². The second-order valence-electron chi connectivity index (χ2n) is 8.56. The summed E-state index contributed by atoms with van der Waals surface area (Å²) in [5, 5.41) is 1.89. The lowest BCUT2D eigenvalue weighted by atomic mass is 10.1. The van der Waals surface area contributed by atoms with Gasteiger partial charge in [-0.1, -0.05) is 19.9 Å². The fourth-order valence-electron chi connectivity index (χ4n) is 3.82. The normalized spacial score (nSPS) is 15.4. The fourth-order valence-corrected chi connectivity index (χ4v) is 3.82. The van der Waals surface area contributed by atoms with Crippen molar-refractivity contribution in [2.45, 2.75) is 51.9 Å². The van der Waals surface area contributed by atoms with Crippen LogP contribution in [0, 0.1) is 5.92 Å². The third kappa shape index (κ3) is 6.00. The number of carbonyl (C=O) groups excluding carboxylic acids is 2. The van der Waals surface area contributed by atoms with Gasteiger partial charge in [-0.25, -0.2) is 0 Å². The maximum atomic E-state index is 13.7. The van der Waals surface area contributed by atoms with E-state index in [4.69, 9.17) is 0 Å². The van der Waals surface area contributed by atoms with Gasteiger partial charge in [0.25, 0.3) is 11.8 Å². The van der Waals surface area contributed by atoms with Crippen molar-refractivity contribution in [3.8, 4) is 0 Å². The van der Waals surface area contributed by atoms with Gasteiger partial charge in [0.15, 0.2) is 6.04 Å². The number of hydrogen-bond acceptors (Lipinski definition) is 4. The Balaban J connectivity index is 2.00. The third-order valence-corrected chi connectivity index (χ3v) is 5.36. The first-order valence-electron chi connectivity index (χ1n) is 10.9. The van der Waals surface area contributed by atoms with Crippen LogP contribution >= 0.6 is 0 Å². The molecule has 1 fully saturated rings. The lowest BCUT2D eigenvalue weighted by Crippen LogP contribution is -2.42. The van der Waals surface area contributed by atoms with Crippen LogP contribution in [0.15, 0.2) is 41.6 Å². The molecule has 33 heavy (non-hydrogen) atoms. The second-order valence-corrected chi connectivity index (χ2v) is 8.56. The van der Waals surface area contributed by atoms with Crippen molar-refractivity contribution in [2.75, 3.05) is 13.1 Å². The van der Waals surface area contributed by atoms with E-state index in [-0.39, 0.29) is 11.5 Å². The van der Waals surface area contributed by atoms with Gasteiger partial charge in [-0.15, -0.1) is 0 Å². The van der Waals surface area contributed by atoms with E-state index in [1.165, 1.54) is 35.3 Å². The largest absolute Gasteiger partial charge is 0.414 e. The zero-order valence-electron chi connectivity index (χ0n) is 18.6. The number of amides is 2. The zero-order valence-corrected chi connectivity index (χ0v) is 18.6. The van der Waals surface area contributed by atoms with Crippen LogP contribution in [0.5, 0.6) is 0 Å². The molecule has 2 aromatic heterocycles. The van der Waals surface area contributed by atoms with Gasteiger partial charge >= 0.3 is 6.18 Å². The molecule has 0 bridgehead atoms. The first-order chi connectivity index (χ1) is 15.6. The fraction of sp³-hybridized carbons (Fsp3) is 0.478. The minimum atomic E-state index is -4.83. The Morgan fingerprint density at radius 1 is 1.09 bits per heavy atom. The Labute approximate surface area is 189 Å². The summed E-state index contributed by atoms with van der Waals surface area (Å²) in [6.07, 6.45) is 1.55. The standard InChI is InChI=1S/C23H27F3N4O3/c1-15(2)12-29-13-16(19(31)17(14-29)22(33)30-10-6-3-7-11-30)21(32)28-20(23(24,25)26)18-8-4-5-9-27-18/h4-5,8-9,13-15,20H,3,6-7,10-12H2,1-2H3,(H,28,32)/t20-/m1/s1. The van der Waals surface area contributed by atoms with Crippen molar-refractivity contribution in [3.63, 3.8) is 0 Å². The van der Waals surface area contributed by atoms with Crippen molar-refractivity contribution in [1.82, 2.24) is 19.8 Å². The molecule has 1 aliphatic heterocycles. The molecular formula is C23H27F3N4O3. The summed E-state index contributed by atoms with van der Waals surface area (Å²) in [4.78, 5) is 44.3. The molecule has 7 nitrogen and oxygen atoms in total. The number of likely N-dealkylation sites (tertiary alicyclic amines) is 1. The highest BCUT2D eigenvalue weighted by Crippen LogP contribution is 2.31. The van der Waals surface area contributed by atoms with E-state index in [0.29, 0.717) is 19.6 Å². The van der Waals surface area contributed by atoms with E-state index < -0.39 is 40.7 Å². The quantitative estimate of drug-likeness (QED) is 0.709. The Kier molecular flexibility index (Phi) is 7.55. The molecule has 0 saturated carbocycles. The van der Waals surface area contributed by atoms with Crippen LogP contribution in [0.25, 0.3) is 0 Å². The number of rotatable bonds is 6. The minimum Gasteiger partial charge on any atom is -0.352 e. The Morgan fingerprint density at radius 2 is 1.76 bits per heavy atom. The van der Waals surface area contributed by atoms with Crippen LogP contribution in [0.4, 0.5) is 13.2 Å². The number of carbonyl (C=O) groups is 2. The SMILES string of the molecule is CC(C)Cn1cc(C(=O)N[C@H](c2ccccn2)C(F)(F)F)c(=O)c(C(=O)N2CCCCC2)c1. The summed E-state index contributed by atoms with van der Waals surface area (Å²) in [6, 6.07) is 1.58. The molecule has 1 saturated heterocycles. The molecule has 0 aliphatic carbocycles. The van der Waals surface area contributed by atoms with Gasteiger partial charge in [0.2, 0.25) is 5.43 Å². The van der Waals surface area contributed by atoms with Gasteiger partial charge in [0.1, 0.15) is 11.1 Å². The maximum absolute atomic E-state index is 13.7. The lowest BCUT2D eigenvalue weighted by Gasteiger charge is -2.27. The maximum Gasteiger partial charge on any atom is 0.414 e. The van der Waals surface area contributed by atoms with Crippen LogP contribution in [0.2, 0.25) is 0 Å². The number of pyridine rings is 2.